The van der Waals surface area contributed by atoms with Gasteiger partial charge in [0.15, 0.2) is 11.5 Å². The number of carbonyl (C=O) groups excluding carboxylic acids is 1. The van der Waals surface area contributed by atoms with Gasteiger partial charge in [-0.15, -0.1) is 0 Å². The number of aromatic nitrogens is 2. The lowest BCUT2D eigenvalue weighted by molar-refractivity contribution is 0.0507. The van der Waals surface area contributed by atoms with Gasteiger partial charge in [0.2, 0.25) is 0 Å². The first-order valence-corrected chi connectivity index (χ1v) is 8.11. The molecule has 6 heteroatoms. The van der Waals surface area contributed by atoms with Crippen LogP contribution in [0.5, 0.6) is 0 Å². The van der Waals surface area contributed by atoms with E-state index in [4.69, 9.17) is 10.6 Å². The fourth-order valence-corrected chi connectivity index (χ4v) is 2.86. The fourth-order valence-electron chi connectivity index (χ4n) is 2.86. The predicted molar refractivity (Wildman–Crippen MR) is 91.8 cm³/mol. The van der Waals surface area contributed by atoms with Crippen molar-refractivity contribution in [1.29, 1.82) is 0 Å². The zero-order valence-corrected chi connectivity index (χ0v) is 14.2. The number of H-pyrrole nitrogens is 1. The Kier molecular flexibility index (Phi) is 4.13. The third-order valence-electron chi connectivity index (χ3n) is 4.56. The highest BCUT2D eigenvalue weighted by Crippen LogP contribution is 2.49. The predicted octanol–water partition coefficient (Wildman–Crippen LogP) is 3.00. The van der Waals surface area contributed by atoms with Gasteiger partial charge in [-0.2, -0.15) is 5.10 Å². The molecule has 1 fully saturated rings. The Balaban J connectivity index is 1.74. The second-order valence-electron chi connectivity index (χ2n) is 6.62. The van der Waals surface area contributed by atoms with Crippen LogP contribution >= 0.6 is 0 Å². The van der Waals surface area contributed by atoms with Crippen LogP contribution in [-0.4, -0.2) is 22.0 Å². The summed E-state index contributed by atoms with van der Waals surface area (Å²) in [6, 6.07) is 9.75. The van der Waals surface area contributed by atoms with Gasteiger partial charge in [0.25, 0.3) is 0 Å². The van der Waals surface area contributed by atoms with Crippen LogP contribution in [0.2, 0.25) is 0 Å². The van der Waals surface area contributed by atoms with Gasteiger partial charge in [-0.05, 0) is 42.9 Å². The minimum Gasteiger partial charge on any atom is -0.384 e. The van der Waals surface area contributed by atoms with E-state index in [0.717, 1.165) is 29.7 Å². The number of aryl methyl sites for hydroxylation is 1. The van der Waals surface area contributed by atoms with Gasteiger partial charge in [-0.25, -0.2) is 4.79 Å². The molecule has 1 aromatic heterocycles. The summed E-state index contributed by atoms with van der Waals surface area (Å²) in [6.07, 6.45) is 1.81. The largest absolute Gasteiger partial charge is 0.385 e. The molecular formula is C18H22N4O2. The maximum Gasteiger partial charge on any atom is 0.385 e. The van der Waals surface area contributed by atoms with Crippen molar-refractivity contribution in [3.05, 3.63) is 52.8 Å². The summed E-state index contributed by atoms with van der Waals surface area (Å²) in [4.78, 5) is 17.1. The van der Waals surface area contributed by atoms with Crippen molar-refractivity contribution in [2.24, 2.45) is 10.9 Å². The lowest BCUT2D eigenvalue weighted by Crippen LogP contribution is -2.30. The maximum absolute atomic E-state index is 12.1. The van der Waals surface area contributed by atoms with Gasteiger partial charge < -0.3 is 10.6 Å². The topological polar surface area (TPSA) is 93.4 Å². The first kappa shape index (κ1) is 16.2. The SMILES string of the molecule is Cc1ccccc1C1(/C(N)=N/OC(=O)c2cc(C(C)C)[nH]n2)CC1. The van der Waals surface area contributed by atoms with Gasteiger partial charge >= 0.3 is 5.97 Å². The molecule has 3 N–H and O–H groups in total. The van der Waals surface area contributed by atoms with Gasteiger partial charge in [0.05, 0.1) is 5.41 Å². The highest BCUT2D eigenvalue weighted by molar-refractivity contribution is 5.95. The highest BCUT2D eigenvalue weighted by atomic mass is 16.7. The second-order valence-corrected chi connectivity index (χ2v) is 6.62. The number of amidine groups is 1. The molecule has 126 valence electrons. The molecular weight excluding hydrogens is 304 g/mol. The quantitative estimate of drug-likeness (QED) is 0.382. The molecule has 0 bridgehead atoms. The first-order valence-electron chi connectivity index (χ1n) is 8.11. The van der Waals surface area contributed by atoms with E-state index in [-0.39, 0.29) is 17.0 Å². The number of oxime groups is 1. The van der Waals surface area contributed by atoms with E-state index < -0.39 is 5.97 Å². The van der Waals surface area contributed by atoms with Gasteiger partial charge in [0, 0.05) is 5.69 Å². The lowest BCUT2D eigenvalue weighted by Gasteiger charge is -2.16. The normalized spacial score (nSPS) is 16.2. The Morgan fingerprint density at radius 1 is 1.38 bits per heavy atom. The lowest BCUT2D eigenvalue weighted by atomic mass is 9.91. The van der Waals surface area contributed by atoms with Crippen molar-refractivity contribution in [3.8, 4) is 0 Å². The minimum absolute atomic E-state index is 0.205. The van der Waals surface area contributed by atoms with E-state index in [1.54, 1.807) is 6.07 Å². The molecule has 0 amide bonds. The Morgan fingerprint density at radius 3 is 2.67 bits per heavy atom. The smallest absolute Gasteiger partial charge is 0.384 e. The monoisotopic (exact) mass is 326 g/mol. The molecule has 0 spiro atoms. The molecule has 1 aliphatic carbocycles. The molecule has 0 unspecified atom stereocenters. The van der Waals surface area contributed by atoms with Crippen molar-refractivity contribution in [1.82, 2.24) is 10.2 Å². The highest BCUT2D eigenvalue weighted by Gasteiger charge is 2.49. The average molecular weight is 326 g/mol. The second kappa shape index (κ2) is 6.11. The number of rotatable bonds is 5. The van der Waals surface area contributed by atoms with E-state index >= 15 is 0 Å². The number of nitrogens with one attached hydrogen (secondary N) is 1. The average Bonchev–Trinajstić information content (AvgIpc) is 3.21. The molecule has 0 atom stereocenters. The maximum atomic E-state index is 12.1. The Bertz CT molecular complexity index is 788. The molecule has 1 saturated carbocycles. The molecule has 3 rings (SSSR count). The molecule has 1 aromatic carbocycles. The summed E-state index contributed by atoms with van der Waals surface area (Å²) in [5.74, 6) is -0.0186. The Labute approximate surface area is 141 Å². The first-order chi connectivity index (χ1) is 11.4. The van der Waals surface area contributed by atoms with Crippen LogP contribution in [0.1, 0.15) is 59.9 Å². The van der Waals surface area contributed by atoms with Crippen LogP contribution in [0.3, 0.4) is 0 Å². The Hall–Kier alpha value is -2.63. The zero-order valence-electron chi connectivity index (χ0n) is 14.2. The van der Waals surface area contributed by atoms with Crippen molar-refractivity contribution < 1.29 is 9.63 Å². The molecule has 6 nitrogen and oxygen atoms in total. The number of hydrogen-bond donors (Lipinski definition) is 2. The summed E-state index contributed by atoms with van der Waals surface area (Å²) in [6.45, 7) is 6.07. The number of nitrogens with zero attached hydrogens (tertiary/aromatic N) is 2. The van der Waals surface area contributed by atoms with Crippen molar-refractivity contribution in [2.45, 2.75) is 44.9 Å². The van der Waals surface area contributed by atoms with Crippen molar-refractivity contribution >= 4 is 11.8 Å². The van der Waals surface area contributed by atoms with Crippen LogP contribution in [0.25, 0.3) is 0 Å². The van der Waals surface area contributed by atoms with Crippen molar-refractivity contribution in [2.75, 3.05) is 0 Å². The molecule has 2 aromatic rings. The van der Waals surface area contributed by atoms with Crippen LogP contribution < -0.4 is 5.73 Å². The molecule has 0 radical (unpaired) electrons. The summed E-state index contributed by atoms with van der Waals surface area (Å²) >= 11 is 0. The number of nitrogens with two attached hydrogens (primary N) is 1. The number of benzene rings is 1. The number of carbonyl (C=O) groups is 1. The molecule has 0 saturated heterocycles. The standard InChI is InChI=1S/C18H22N4O2/c1-11(2)14-10-15(21-20-14)16(23)24-22-17(19)18(8-9-18)13-7-5-4-6-12(13)3/h4-7,10-11H,8-9H2,1-3H3,(H2,19,22)(H,20,21). The van der Waals surface area contributed by atoms with Crippen molar-refractivity contribution in [3.63, 3.8) is 0 Å². The van der Waals surface area contributed by atoms with Crippen LogP contribution in [0, 0.1) is 6.92 Å². The van der Waals surface area contributed by atoms with E-state index in [1.807, 2.05) is 39.0 Å². The molecule has 0 aliphatic heterocycles. The third kappa shape index (κ3) is 2.91. The summed E-state index contributed by atoms with van der Waals surface area (Å²) in [7, 11) is 0. The summed E-state index contributed by atoms with van der Waals surface area (Å²) < 4.78 is 0. The van der Waals surface area contributed by atoms with Crippen LogP contribution in [-0.2, 0) is 10.3 Å². The van der Waals surface area contributed by atoms with E-state index in [1.165, 1.54) is 0 Å². The minimum atomic E-state index is -0.610. The summed E-state index contributed by atoms with van der Waals surface area (Å²) in [5.41, 5.74) is 9.21. The fraction of sp³-hybridized carbons (Fsp3) is 0.389. The summed E-state index contributed by atoms with van der Waals surface area (Å²) in [5, 5.41) is 10.7. The molecule has 24 heavy (non-hydrogen) atoms. The van der Waals surface area contributed by atoms with Gasteiger partial charge in [0.1, 0.15) is 0 Å². The van der Waals surface area contributed by atoms with E-state index in [9.17, 15) is 4.79 Å². The van der Waals surface area contributed by atoms with Gasteiger partial charge in [-0.1, -0.05) is 43.3 Å². The van der Waals surface area contributed by atoms with Crippen LogP contribution in [0.4, 0.5) is 0 Å². The van der Waals surface area contributed by atoms with E-state index in [2.05, 4.69) is 21.4 Å². The molecule has 1 aliphatic rings. The molecule has 1 heterocycles. The Morgan fingerprint density at radius 2 is 2.08 bits per heavy atom. The van der Waals surface area contributed by atoms with Crippen LogP contribution in [0.15, 0.2) is 35.5 Å². The van der Waals surface area contributed by atoms with Gasteiger partial charge in [-0.3, -0.25) is 5.10 Å². The third-order valence-corrected chi connectivity index (χ3v) is 4.56. The zero-order chi connectivity index (χ0) is 17.3. The number of aromatic amines is 1. The van der Waals surface area contributed by atoms with E-state index in [0.29, 0.717) is 5.84 Å². The number of hydrogen-bond acceptors (Lipinski definition) is 4.